The Balaban J connectivity index is 2.15. The minimum absolute atomic E-state index is 0.0424. The Labute approximate surface area is 120 Å². The van der Waals surface area contributed by atoms with Gasteiger partial charge in [0.15, 0.2) is 0 Å². The number of hydrogen-bond acceptors (Lipinski definition) is 4. The molecule has 2 N–H and O–H groups in total. The van der Waals surface area contributed by atoms with Gasteiger partial charge in [-0.05, 0) is 35.9 Å². The van der Waals surface area contributed by atoms with Crippen LogP contribution in [-0.4, -0.2) is 13.1 Å². The Morgan fingerprint density at radius 3 is 2.43 bits per heavy atom. The zero-order chi connectivity index (χ0) is 15.4. The van der Waals surface area contributed by atoms with E-state index in [2.05, 4.69) is 4.74 Å². The lowest BCUT2D eigenvalue weighted by molar-refractivity contribution is 0.0601. The highest BCUT2D eigenvalue weighted by Gasteiger charge is 2.11. The highest BCUT2D eigenvalue weighted by atomic mass is 19.1. The molecule has 0 fully saturated rings. The fraction of sp³-hybridized carbons (Fsp3) is 0.133. The molecule has 0 saturated heterocycles. The van der Waals surface area contributed by atoms with Crippen molar-refractivity contribution in [3.05, 3.63) is 59.2 Å². The molecule has 0 aliphatic carbocycles. The number of benzene rings is 2. The predicted octanol–water partition coefficient (Wildman–Crippen LogP) is 2.91. The van der Waals surface area contributed by atoms with Crippen molar-refractivity contribution in [2.24, 2.45) is 0 Å². The first-order valence-electron chi connectivity index (χ1n) is 6.05. The fourth-order valence-corrected chi connectivity index (χ4v) is 1.77. The SMILES string of the molecule is COC(=O)c1cc(OCc2cc(F)cc(F)c2)ccc1N. The second-order valence-corrected chi connectivity index (χ2v) is 4.31. The van der Waals surface area contributed by atoms with Crippen LogP contribution in [0.25, 0.3) is 0 Å². The number of halogens is 2. The van der Waals surface area contributed by atoms with E-state index in [0.29, 0.717) is 11.3 Å². The highest BCUT2D eigenvalue weighted by Crippen LogP contribution is 2.21. The van der Waals surface area contributed by atoms with Crippen LogP contribution in [0.3, 0.4) is 0 Å². The van der Waals surface area contributed by atoms with Crippen molar-refractivity contribution in [1.82, 2.24) is 0 Å². The van der Waals surface area contributed by atoms with Crippen LogP contribution in [0.15, 0.2) is 36.4 Å². The van der Waals surface area contributed by atoms with Crippen LogP contribution < -0.4 is 10.5 Å². The summed E-state index contributed by atoms with van der Waals surface area (Å²) in [4.78, 5) is 11.5. The third kappa shape index (κ3) is 3.68. The van der Waals surface area contributed by atoms with E-state index in [1.165, 1.54) is 31.4 Å². The molecule has 0 atom stereocenters. The molecule has 0 aromatic heterocycles. The summed E-state index contributed by atoms with van der Waals surface area (Å²) in [5.41, 5.74) is 6.42. The van der Waals surface area contributed by atoms with Crippen molar-refractivity contribution in [3.8, 4) is 5.75 Å². The summed E-state index contributed by atoms with van der Waals surface area (Å²) in [6.45, 7) is -0.0424. The van der Waals surface area contributed by atoms with Crippen molar-refractivity contribution in [2.45, 2.75) is 6.61 Å². The third-order valence-corrected chi connectivity index (χ3v) is 2.76. The summed E-state index contributed by atoms with van der Waals surface area (Å²) in [7, 11) is 1.24. The second kappa shape index (κ2) is 6.21. The molecule has 0 saturated carbocycles. The summed E-state index contributed by atoms with van der Waals surface area (Å²) >= 11 is 0. The average molecular weight is 293 g/mol. The monoisotopic (exact) mass is 293 g/mol. The molecule has 6 heteroatoms. The molecule has 0 aliphatic heterocycles. The summed E-state index contributed by atoms with van der Waals surface area (Å²) in [5.74, 6) is -1.61. The van der Waals surface area contributed by atoms with Crippen LogP contribution in [-0.2, 0) is 11.3 Å². The van der Waals surface area contributed by atoms with Gasteiger partial charge in [0.05, 0.1) is 12.7 Å². The molecule has 4 nitrogen and oxygen atoms in total. The van der Waals surface area contributed by atoms with Crippen molar-refractivity contribution in [2.75, 3.05) is 12.8 Å². The molecule has 0 spiro atoms. The topological polar surface area (TPSA) is 61.5 Å². The fourth-order valence-electron chi connectivity index (χ4n) is 1.77. The standard InChI is InChI=1S/C15H13F2NO3/c1-20-15(19)13-7-12(2-3-14(13)18)21-8-9-4-10(16)6-11(17)5-9/h2-7H,8,18H2,1H3. The zero-order valence-corrected chi connectivity index (χ0v) is 11.2. The maximum absolute atomic E-state index is 13.0. The number of methoxy groups -OCH3 is 1. The lowest BCUT2D eigenvalue weighted by Crippen LogP contribution is -2.06. The summed E-state index contributed by atoms with van der Waals surface area (Å²) in [6, 6.07) is 7.58. The Morgan fingerprint density at radius 1 is 1.14 bits per heavy atom. The van der Waals surface area contributed by atoms with E-state index in [9.17, 15) is 13.6 Å². The number of rotatable bonds is 4. The van der Waals surface area contributed by atoms with Gasteiger partial charge in [0.1, 0.15) is 24.0 Å². The number of nitrogens with two attached hydrogens (primary N) is 1. The van der Waals surface area contributed by atoms with E-state index in [-0.39, 0.29) is 17.9 Å². The first-order valence-corrected chi connectivity index (χ1v) is 6.05. The predicted molar refractivity (Wildman–Crippen MR) is 72.9 cm³/mol. The van der Waals surface area contributed by atoms with Crippen molar-refractivity contribution in [1.29, 1.82) is 0 Å². The molecular weight excluding hydrogens is 280 g/mol. The van der Waals surface area contributed by atoms with Gasteiger partial charge < -0.3 is 15.2 Å². The van der Waals surface area contributed by atoms with Crippen LogP contribution in [0, 0.1) is 11.6 Å². The molecule has 110 valence electrons. The van der Waals surface area contributed by atoms with Gasteiger partial charge in [0.25, 0.3) is 0 Å². The van der Waals surface area contributed by atoms with Crippen LogP contribution >= 0.6 is 0 Å². The van der Waals surface area contributed by atoms with Crippen LogP contribution in [0.4, 0.5) is 14.5 Å². The Kier molecular flexibility index (Phi) is 4.37. The van der Waals surface area contributed by atoms with Crippen LogP contribution in [0.5, 0.6) is 5.75 Å². The highest BCUT2D eigenvalue weighted by molar-refractivity contribution is 5.95. The van der Waals surface area contributed by atoms with Gasteiger partial charge >= 0.3 is 5.97 Å². The molecule has 2 aromatic rings. The van der Waals surface area contributed by atoms with Gasteiger partial charge in [0.2, 0.25) is 0 Å². The van der Waals surface area contributed by atoms with Crippen molar-refractivity contribution in [3.63, 3.8) is 0 Å². The number of esters is 1. The summed E-state index contributed by atoms with van der Waals surface area (Å²) < 4.78 is 36.1. The Morgan fingerprint density at radius 2 is 1.81 bits per heavy atom. The first-order chi connectivity index (χ1) is 9.99. The van der Waals surface area contributed by atoms with Gasteiger partial charge in [0, 0.05) is 11.8 Å². The molecule has 2 aromatic carbocycles. The van der Waals surface area contributed by atoms with E-state index in [1.807, 2.05) is 0 Å². The largest absolute Gasteiger partial charge is 0.489 e. The lowest BCUT2D eigenvalue weighted by Gasteiger charge is -2.09. The molecule has 21 heavy (non-hydrogen) atoms. The van der Waals surface area contributed by atoms with Gasteiger partial charge in [-0.25, -0.2) is 13.6 Å². The number of carbonyl (C=O) groups is 1. The Hall–Kier alpha value is -2.63. The number of ether oxygens (including phenoxy) is 2. The van der Waals surface area contributed by atoms with Crippen molar-refractivity contribution >= 4 is 11.7 Å². The van der Waals surface area contributed by atoms with Crippen LogP contribution in [0.1, 0.15) is 15.9 Å². The maximum Gasteiger partial charge on any atom is 0.340 e. The molecular formula is C15H13F2NO3. The number of carbonyl (C=O) groups excluding carboxylic acids is 1. The van der Waals surface area contributed by atoms with Gasteiger partial charge in [-0.15, -0.1) is 0 Å². The zero-order valence-electron chi connectivity index (χ0n) is 11.2. The summed E-state index contributed by atoms with van der Waals surface area (Å²) in [5, 5.41) is 0. The first kappa shape index (κ1) is 14.8. The second-order valence-electron chi connectivity index (χ2n) is 4.31. The Bertz CT molecular complexity index is 654. The molecule has 0 aliphatic rings. The molecule has 2 rings (SSSR count). The molecule has 0 radical (unpaired) electrons. The van der Waals surface area contributed by atoms with Gasteiger partial charge in [-0.2, -0.15) is 0 Å². The van der Waals surface area contributed by atoms with E-state index >= 15 is 0 Å². The van der Waals surface area contributed by atoms with E-state index < -0.39 is 17.6 Å². The minimum Gasteiger partial charge on any atom is -0.489 e. The third-order valence-electron chi connectivity index (χ3n) is 2.76. The minimum atomic E-state index is -0.679. The summed E-state index contributed by atoms with van der Waals surface area (Å²) in [6.07, 6.45) is 0. The lowest BCUT2D eigenvalue weighted by atomic mass is 10.1. The van der Waals surface area contributed by atoms with Crippen molar-refractivity contribution < 1.29 is 23.0 Å². The van der Waals surface area contributed by atoms with E-state index in [0.717, 1.165) is 6.07 Å². The van der Waals surface area contributed by atoms with E-state index in [4.69, 9.17) is 10.5 Å². The molecule has 0 bridgehead atoms. The van der Waals surface area contributed by atoms with Gasteiger partial charge in [-0.1, -0.05) is 0 Å². The van der Waals surface area contributed by atoms with E-state index in [1.54, 1.807) is 6.07 Å². The van der Waals surface area contributed by atoms with Gasteiger partial charge in [-0.3, -0.25) is 0 Å². The maximum atomic E-state index is 13.0. The average Bonchev–Trinajstić information content (AvgIpc) is 2.44. The van der Waals surface area contributed by atoms with Crippen LogP contribution in [0.2, 0.25) is 0 Å². The number of nitrogen functional groups attached to an aromatic ring is 1. The number of anilines is 1. The smallest absolute Gasteiger partial charge is 0.340 e. The molecule has 0 amide bonds. The normalized spacial score (nSPS) is 10.2. The molecule has 0 unspecified atom stereocenters. The quantitative estimate of drug-likeness (QED) is 0.695. The number of hydrogen-bond donors (Lipinski definition) is 1. The molecule has 0 heterocycles.